The van der Waals surface area contributed by atoms with E-state index in [9.17, 15) is 4.79 Å². The van der Waals surface area contributed by atoms with E-state index in [1.165, 1.54) is 32.1 Å². The number of unbranched alkanes of at least 4 members (excludes halogenated alkanes) is 5. The predicted molar refractivity (Wildman–Crippen MR) is 87.6 cm³/mol. The van der Waals surface area contributed by atoms with Crippen LogP contribution in [0.25, 0.3) is 0 Å². The molecule has 0 aromatic rings. The van der Waals surface area contributed by atoms with Crippen LogP contribution in [0.4, 0.5) is 0 Å². The van der Waals surface area contributed by atoms with Crippen molar-refractivity contribution in [1.82, 2.24) is 9.80 Å². The number of hydrogen-bond acceptors (Lipinski definition) is 4. The van der Waals surface area contributed by atoms with Crippen LogP contribution in [0, 0.1) is 0 Å². The molecule has 0 aromatic heterocycles. The second-order valence-electron chi connectivity index (χ2n) is 6.25. The van der Waals surface area contributed by atoms with Crippen LogP contribution in [-0.2, 0) is 4.79 Å². The second-order valence-corrected chi connectivity index (χ2v) is 6.25. The summed E-state index contributed by atoms with van der Waals surface area (Å²) >= 11 is 0. The number of carbonyl (C=O) groups is 1. The number of aliphatic hydroxyl groups excluding tert-OH is 1. The van der Waals surface area contributed by atoms with Gasteiger partial charge in [-0.05, 0) is 12.8 Å². The fourth-order valence-corrected chi connectivity index (χ4v) is 2.90. The van der Waals surface area contributed by atoms with Crippen LogP contribution in [0.5, 0.6) is 0 Å². The Kier molecular flexibility index (Phi) is 10.7. The van der Waals surface area contributed by atoms with Crippen molar-refractivity contribution in [3.63, 3.8) is 0 Å². The minimum Gasteiger partial charge on any atom is -0.396 e. The predicted octanol–water partition coefficient (Wildman–Crippen LogP) is 2.31. The van der Waals surface area contributed by atoms with E-state index in [-0.39, 0.29) is 6.61 Å². The highest BCUT2D eigenvalue weighted by molar-refractivity contribution is 5.80. The second kappa shape index (κ2) is 12.1. The zero-order valence-corrected chi connectivity index (χ0v) is 13.9. The summed E-state index contributed by atoms with van der Waals surface area (Å²) in [6, 6.07) is 0. The summed E-state index contributed by atoms with van der Waals surface area (Å²) in [4.78, 5) is 16.6. The van der Waals surface area contributed by atoms with E-state index in [0.717, 1.165) is 52.0 Å². The van der Waals surface area contributed by atoms with Crippen LogP contribution in [0.15, 0.2) is 0 Å². The highest BCUT2D eigenvalue weighted by Crippen LogP contribution is 2.08. The van der Waals surface area contributed by atoms with Crippen LogP contribution in [0.2, 0.25) is 0 Å². The smallest absolute Gasteiger partial charge is 0.146 e. The number of nitrogens with zero attached hydrogens (tertiary/aromatic N) is 2. The maximum absolute atomic E-state index is 12.0. The Bertz CT molecular complexity index is 264. The molecule has 4 heteroatoms. The van der Waals surface area contributed by atoms with Crippen molar-refractivity contribution < 1.29 is 9.90 Å². The van der Waals surface area contributed by atoms with Crippen molar-refractivity contribution in [3.05, 3.63) is 0 Å². The number of ketones is 1. The first-order chi connectivity index (χ1) is 10.3. The molecule has 0 aromatic carbocycles. The minimum atomic E-state index is 0.275. The van der Waals surface area contributed by atoms with Gasteiger partial charge in [-0.25, -0.2) is 0 Å². The first-order valence-corrected chi connectivity index (χ1v) is 8.83. The molecule has 0 unspecified atom stereocenters. The number of aliphatic hydroxyl groups is 1. The van der Waals surface area contributed by atoms with Gasteiger partial charge in [0, 0.05) is 45.8 Å². The minimum absolute atomic E-state index is 0.275. The molecule has 1 heterocycles. The monoisotopic (exact) mass is 298 g/mol. The van der Waals surface area contributed by atoms with Crippen molar-refractivity contribution in [1.29, 1.82) is 0 Å². The van der Waals surface area contributed by atoms with Gasteiger partial charge in [0.1, 0.15) is 5.78 Å². The van der Waals surface area contributed by atoms with E-state index in [0.29, 0.717) is 12.3 Å². The number of carbonyl (C=O) groups excluding carboxylic acids is 1. The molecule has 0 bridgehead atoms. The van der Waals surface area contributed by atoms with Crippen molar-refractivity contribution in [2.45, 2.75) is 58.3 Å². The molecule has 0 saturated carbocycles. The zero-order chi connectivity index (χ0) is 15.3. The van der Waals surface area contributed by atoms with E-state index in [4.69, 9.17) is 5.11 Å². The summed E-state index contributed by atoms with van der Waals surface area (Å²) in [5.74, 6) is 0.411. The Hall–Kier alpha value is -0.450. The lowest BCUT2D eigenvalue weighted by Crippen LogP contribution is -2.48. The summed E-state index contributed by atoms with van der Waals surface area (Å²) in [6.07, 6.45) is 9.11. The molecule has 21 heavy (non-hydrogen) atoms. The normalized spacial score (nSPS) is 17.2. The maximum Gasteiger partial charge on any atom is 0.146 e. The molecule has 1 aliphatic heterocycles. The number of piperazine rings is 1. The lowest BCUT2D eigenvalue weighted by molar-refractivity contribution is -0.120. The van der Waals surface area contributed by atoms with Gasteiger partial charge in [0.15, 0.2) is 0 Å². The molecule has 1 rings (SSSR count). The molecule has 0 atom stereocenters. The van der Waals surface area contributed by atoms with E-state index in [1.54, 1.807) is 0 Å². The summed E-state index contributed by atoms with van der Waals surface area (Å²) < 4.78 is 0. The molecule has 0 radical (unpaired) electrons. The lowest BCUT2D eigenvalue weighted by Gasteiger charge is -2.34. The van der Waals surface area contributed by atoms with Gasteiger partial charge in [0.05, 0.1) is 6.54 Å². The van der Waals surface area contributed by atoms with Crippen molar-refractivity contribution >= 4 is 5.78 Å². The Labute approximate surface area is 130 Å². The van der Waals surface area contributed by atoms with Crippen LogP contribution in [0.3, 0.4) is 0 Å². The van der Waals surface area contributed by atoms with E-state index >= 15 is 0 Å². The van der Waals surface area contributed by atoms with Gasteiger partial charge in [-0.15, -0.1) is 0 Å². The lowest BCUT2D eigenvalue weighted by atomic mass is 10.1. The topological polar surface area (TPSA) is 43.8 Å². The van der Waals surface area contributed by atoms with Gasteiger partial charge < -0.3 is 10.0 Å². The van der Waals surface area contributed by atoms with Crippen molar-refractivity contribution in [2.75, 3.05) is 45.9 Å². The molecule has 0 amide bonds. The molecule has 1 aliphatic rings. The van der Waals surface area contributed by atoms with Crippen LogP contribution in [0.1, 0.15) is 58.3 Å². The van der Waals surface area contributed by atoms with Gasteiger partial charge in [-0.2, -0.15) is 0 Å². The first-order valence-electron chi connectivity index (χ1n) is 8.83. The molecular weight excluding hydrogens is 264 g/mol. The van der Waals surface area contributed by atoms with Gasteiger partial charge in [0.2, 0.25) is 0 Å². The Morgan fingerprint density at radius 1 is 0.905 bits per heavy atom. The Morgan fingerprint density at radius 3 is 2.19 bits per heavy atom. The quantitative estimate of drug-likeness (QED) is 0.562. The largest absolute Gasteiger partial charge is 0.396 e. The average Bonchev–Trinajstić information content (AvgIpc) is 2.50. The van der Waals surface area contributed by atoms with Gasteiger partial charge in [-0.1, -0.05) is 39.0 Å². The fraction of sp³-hybridized carbons (Fsp3) is 0.941. The summed E-state index contributed by atoms with van der Waals surface area (Å²) in [5, 5.41) is 8.84. The van der Waals surface area contributed by atoms with Gasteiger partial charge in [0.25, 0.3) is 0 Å². The average molecular weight is 298 g/mol. The van der Waals surface area contributed by atoms with Gasteiger partial charge >= 0.3 is 0 Å². The fourth-order valence-electron chi connectivity index (χ4n) is 2.90. The number of rotatable bonds is 12. The highest BCUT2D eigenvalue weighted by atomic mass is 16.3. The molecular formula is C17H34N2O2. The Balaban J connectivity index is 2.00. The maximum atomic E-state index is 12.0. The first kappa shape index (κ1) is 18.6. The molecule has 4 nitrogen and oxygen atoms in total. The molecule has 0 spiro atoms. The summed E-state index contributed by atoms with van der Waals surface area (Å²) in [5.41, 5.74) is 0. The molecule has 124 valence electrons. The SMILES string of the molecule is CCCCCCCCC(=O)CN1CCN(CCCO)CC1. The highest BCUT2D eigenvalue weighted by Gasteiger charge is 2.18. The van der Waals surface area contributed by atoms with E-state index < -0.39 is 0 Å². The van der Waals surface area contributed by atoms with Crippen LogP contribution < -0.4 is 0 Å². The summed E-state index contributed by atoms with van der Waals surface area (Å²) in [7, 11) is 0. The molecule has 0 aliphatic carbocycles. The van der Waals surface area contributed by atoms with E-state index in [2.05, 4.69) is 16.7 Å². The third-order valence-corrected chi connectivity index (χ3v) is 4.31. The van der Waals surface area contributed by atoms with Gasteiger partial charge in [-0.3, -0.25) is 9.69 Å². The van der Waals surface area contributed by atoms with Crippen molar-refractivity contribution in [2.24, 2.45) is 0 Å². The zero-order valence-electron chi connectivity index (χ0n) is 13.9. The standard InChI is InChI=1S/C17H34N2O2/c1-2-3-4-5-6-7-9-17(21)16-19-13-11-18(12-14-19)10-8-15-20/h20H,2-16H2,1H3. The summed E-state index contributed by atoms with van der Waals surface area (Å²) in [6.45, 7) is 8.18. The third-order valence-electron chi connectivity index (χ3n) is 4.31. The molecule has 1 saturated heterocycles. The van der Waals surface area contributed by atoms with Crippen LogP contribution in [-0.4, -0.2) is 66.6 Å². The van der Waals surface area contributed by atoms with E-state index in [1.807, 2.05) is 0 Å². The Morgan fingerprint density at radius 2 is 1.52 bits per heavy atom. The number of Topliss-reactive ketones (excluding diaryl/α,β-unsaturated/α-hetero) is 1. The molecule has 1 N–H and O–H groups in total. The molecule has 1 fully saturated rings. The van der Waals surface area contributed by atoms with Crippen molar-refractivity contribution in [3.8, 4) is 0 Å². The number of hydrogen-bond donors (Lipinski definition) is 1. The third kappa shape index (κ3) is 9.22. The van der Waals surface area contributed by atoms with Crippen LogP contribution >= 0.6 is 0 Å².